The maximum atomic E-state index is 13.7. The second kappa shape index (κ2) is 5.95. The molecule has 2 N–H and O–H groups in total. The molecular formula is C17H19FN2O. The third kappa shape index (κ3) is 3.40. The molecule has 0 aliphatic heterocycles. The van der Waals surface area contributed by atoms with Crippen molar-refractivity contribution in [2.75, 3.05) is 12.8 Å². The smallest absolute Gasteiger partial charge is 0.256 e. The molecule has 2 rings (SSSR count). The first-order valence-corrected chi connectivity index (χ1v) is 6.75. The third-order valence-corrected chi connectivity index (χ3v) is 3.47. The Morgan fingerprint density at radius 1 is 1.19 bits per heavy atom. The molecular weight excluding hydrogens is 267 g/mol. The first-order chi connectivity index (χ1) is 9.88. The molecule has 0 aromatic heterocycles. The number of benzene rings is 2. The summed E-state index contributed by atoms with van der Waals surface area (Å²) in [4.78, 5) is 13.8. The topological polar surface area (TPSA) is 46.3 Å². The van der Waals surface area contributed by atoms with Gasteiger partial charge in [0.05, 0.1) is 5.56 Å². The van der Waals surface area contributed by atoms with Gasteiger partial charge in [0, 0.05) is 19.3 Å². The molecule has 2 aromatic carbocycles. The van der Waals surface area contributed by atoms with Crippen LogP contribution in [0.25, 0.3) is 0 Å². The van der Waals surface area contributed by atoms with E-state index < -0.39 is 5.82 Å². The molecule has 0 saturated carbocycles. The summed E-state index contributed by atoms with van der Waals surface area (Å²) in [6.45, 7) is 4.45. The highest BCUT2D eigenvalue weighted by Gasteiger charge is 2.17. The maximum absolute atomic E-state index is 13.7. The van der Waals surface area contributed by atoms with E-state index in [-0.39, 0.29) is 11.5 Å². The molecule has 0 heterocycles. The minimum atomic E-state index is -0.554. The molecule has 0 fully saturated rings. The summed E-state index contributed by atoms with van der Waals surface area (Å²) in [6, 6.07) is 10.1. The summed E-state index contributed by atoms with van der Waals surface area (Å²) in [6.07, 6.45) is 0. The predicted molar refractivity (Wildman–Crippen MR) is 82.5 cm³/mol. The lowest BCUT2D eigenvalue weighted by atomic mass is 10.0. The van der Waals surface area contributed by atoms with Crippen molar-refractivity contribution in [1.29, 1.82) is 0 Å². The molecule has 21 heavy (non-hydrogen) atoms. The van der Waals surface area contributed by atoms with E-state index in [1.165, 1.54) is 28.7 Å². The van der Waals surface area contributed by atoms with Gasteiger partial charge in [-0.05, 0) is 43.2 Å². The van der Waals surface area contributed by atoms with Crippen LogP contribution in [-0.4, -0.2) is 17.9 Å². The number of carbonyl (C=O) groups excluding carboxylic acids is 1. The van der Waals surface area contributed by atoms with E-state index in [4.69, 9.17) is 5.73 Å². The molecule has 2 aromatic rings. The number of nitrogens with zero attached hydrogens (tertiary/aromatic N) is 1. The molecule has 0 bridgehead atoms. The fraction of sp³-hybridized carbons (Fsp3) is 0.235. The Balaban J connectivity index is 2.21. The fourth-order valence-corrected chi connectivity index (χ4v) is 2.26. The number of hydrogen-bond donors (Lipinski definition) is 1. The van der Waals surface area contributed by atoms with Gasteiger partial charge in [0.25, 0.3) is 5.91 Å². The molecule has 0 spiro atoms. The molecule has 0 saturated heterocycles. The van der Waals surface area contributed by atoms with Gasteiger partial charge in [-0.15, -0.1) is 0 Å². The van der Waals surface area contributed by atoms with Crippen LogP contribution in [0.5, 0.6) is 0 Å². The van der Waals surface area contributed by atoms with Crippen molar-refractivity contribution in [3.05, 3.63) is 64.5 Å². The van der Waals surface area contributed by atoms with E-state index in [1.54, 1.807) is 7.05 Å². The van der Waals surface area contributed by atoms with Gasteiger partial charge in [-0.25, -0.2) is 4.39 Å². The quantitative estimate of drug-likeness (QED) is 0.880. The van der Waals surface area contributed by atoms with Gasteiger partial charge in [-0.2, -0.15) is 0 Å². The number of halogens is 1. The van der Waals surface area contributed by atoms with Crippen LogP contribution in [-0.2, 0) is 6.54 Å². The van der Waals surface area contributed by atoms with Crippen LogP contribution in [0.15, 0.2) is 36.4 Å². The van der Waals surface area contributed by atoms with E-state index in [0.717, 1.165) is 11.1 Å². The van der Waals surface area contributed by atoms with E-state index >= 15 is 0 Å². The minimum Gasteiger partial charge on any atom is -0.399 e. The van der Waals surface area contributed by atoms with E-state index in [9.17, 15) is 9.18 Å². The van der Waals surface area contributed by atoms with Crippen LogP contribution in [0.3, 0.4) is 0 Å². The van der Waals surface area contributed by atoms with Gasteiger partial charge >= 0.3 is 0 Å². The summed E-state index contributed by atoms with van der Waals surface area (Å²) in [5.74, 6) is -0.929. The van der Waals surface area contributed by atoms with Crippen LogP contribution in [0.2, 0.25) is 0 Å². The number of aryl methyl sites for hydroxylation is 2. The van der Waals surface area contributed by atoms with E-state index in [1.807, 2.05) is 26.0 Å². The largest absolute Gasteiger partial charge is 0.399 e. The molecule has 0 radical (unpaired) electrons. The maximum Gasteiger partial charge on any atom is 0.256 e. The summed E-state index contributed by atoms with van der Waals surface area (Å²) in [5.41, 5.74) is 9.33. The number of hydrogen-bond acceptors (Lipinski definition) is 2. The summed E-state index contributed by atoms with van der Waals surface area (Å²) >= 11 is 0. The highest BCUT2D eigenvalue weighted by atomic mass is 19.1. The Kier molecular flexibility index (Phi) is 4.26. The standard InChI is InChI=1S/C17H19FN2O/c1-11-4-5-13(12(2)8-11)10-20(3)17(21)15-9-14(19)6-7-16(15)18/h4-9H,10,19H2,1-3H3. The summed E-state index contributed by atoms with van der Waals surface area (Å²) in [5, 5.41) is 0. The van der Waals surface area contributed by atoms with Crippen molar-refractivity contribution in [1.82, 2.24) is 4.90 Å². The average molecular weight is 286 g/mol. The summed E-state index contributed by atoms with van der Waals surface area (Å²) in [7, 11) is 1.66. The number of nitrogens with two attached hydrogens (primary N) is 1. The second-order valence-corrected chi connectivity index (χ2v) is 5.33. The Hall–Kier alpha value is -2.36. The molecule has 4 heteroatoms. The molecule has 0 aliphatic rings. The zero-order chi connectivity index (χ0) is 15.6. The monoisotopic (exact) mass is 286 g/mol. The van der Waals surface area contributed by atoms with Crippen molar-refractivity contribution in [3.63, 3.8) is 0 Å². The number of anilines is 1. The lowest BCUT2D eigenvalue weighted by molar-refractivity contribution is 0.0780. The van der Waals surface area contributed by atoms with Gasteiger partial charge in [0.15, 0.2) is 0 Å². The molecule has 3 nitrogen and oxygen atoms in total. The van der Waals surface area contributed by atoms with E-state index in [0.29, 0.717) is 12.2 Å². The normalized spacial score (nSPS) is 10.5. The lowest BCUT2D eigenvalue weighted by Gasteiger charge is -2.19. The first-order valence-electron chi connectivity index (χ1n) is 6.75. The summed E-state index contributed by atoms with van der Waals surface area (Å²) < 4.78 is 13.7. The molecule has 1 amide bonds. The predicted octanol–water partition coefficient (Wildman–Crippen LogP) is 3.30. The SMILES string of the molecule is Cc1ccc(CN(C)C(=O)c2cc(N)ccc2F)c(C)c1. The van der Waals surface area contributed by atoms with E-state index in [2.05, 4.69) is 6.07 Å². The van der Waals surface area contributed by atoms with Gasteiger partial charge in [-0.3, -0.25) is 4.79 Å². The van der Waals surface area contributed by atoms with Gasteiger partial charge in [0.2, 0.25) is 0 Å². The number of nitrogen functional groups attached to an aromatic ring is 1. The third-order valence-electron chi connectivity index (χ3n) is 3.47. The Bertz CT molecular complexity index is 682. The molecule has 110 valence electrons. The Labute approximate surface area is 124 Å². The van der Waals surface area contributed by atoms with Gasteiger partial charge in [-0.1, -0.05) is 23.8 Å². The molecule has 0 atom stereocenters. The van der Waals surface area contributed by atoms with Gasteiger partial charge in [0.1, 0.15) is 5.82 Å². The fourth-order valence-electron chi connectivity index (χ4n) is 2.26. The highest BCUT2D eigenvalue weighted by Crippen LogP contribution is 2.17. The highest BCUT2D eigenvalue weighted by molar-refractivity contribution is 5.95. The second-order valence-electron chi connectivity index (χ2n) is 5.33. The number of rotatable bonds is 3. The van der Waals surface area contributed by atoms with Gasteiger partial charge < -0.3 is 10.6 Å². The zero-order valence-corrected chi connectivity index (χ0v) is 12.5. The van der Waals surface area contributed by atoms with Crippen molar-refractivity contribution < 1.29 is 9.18 Å². The minimum absolute atomic E-state index is 0.00210. The van der Waals surface area contributed by atoms with Crippen LogP contribution < -0.4 is 5.73 Å². The Morgan fingerprint density at radius 3 is 2.57 bits per heavy atom. The first kappa shape index (κ1) is 15.0. The number of carbonyl (C=O) groups is 1. The van der Waals surface area contributed by atoms with Crippen LogP contribution in [0.1, 0.15) is 27.0 Å². The molecule has 0 aliphatic carbocycles. The van der Waals surface area contributed by atoms with Crippen molar-refractivity contribution in [3.8, 4) is 0 Å². The average Bonchev–Trinajstić information content (AvgIpc) is 2.43. The Morgan fingerprint density at radius 2 is 1.90 bits per heavy atom. The van der Waals surface area contributed by atoms with Crippen LogP contribution in [0, 0.1) is 19.7 Å². The number of amides is 1. The van der Waals surface area contributed by atoms with Crippen molar-refractivity contribution in [2.24, 2.45) is 0 Å². The van der Waals surface area contributed by atoms with Crippen molar-refractivity contribution in [2.45, 2.75) is 20.4 Å². The zero-order valence-electron chi connectivity index (χ0n) is 12.5. The van der Waals surface area contributed by atoms with Crippen molar-refractivity contribution >= 4 is 11.6 Å². The lowest BCUT2D eigenvalue weighted by Crippen LogP contribution is -2.27. The van der Waals surface area contributed by atoms with Crippen LogP contribution in [0.4, 0.5) is 10.1 Å². The van der Waals surface area contributed by atoms with Crippen LogP contribution >= 0.6 is 0 Å². The molecule has 0 unspecified atom stereocenters.